The molecule has 1 fully saturated rings. The van der Waals surface area contributed by atoms with Crippen LogP contribution in [0, 0.1) is 0 Å². The first kappa shape index (κ1) is 17.0. The Labute approximate surface area is 138 Å². The highest BCUT2D eigenvalue weighted by Crippen LogP contribution is 2.26. The van der Waals surface area contributed by atoms with Gasteiger partial charge in [-0.05, 0) is 43.1 Å². The molecule has 0 spiro atoms. The lowest BCUT2D eigenvalue weighted by atomic mass is 9.94. The van der Waals surface area contributed by atoms with E-state index in [1.165, 1.54) is 47.7 Å². The van der Waals surface area contributed by atoms with E-state index in [-0.39, 0.29) is 0 Å². The zero-order chi connectivity index (χ0) is 15.1. The third-order valence-electron chi connectivity index (χ3n) is 4.57. The lowest BCUT2D eigenvalue weighted by Crippen LogP contribution is -2.36. The molecule has 2 nitrogen and oxygen atoms in total. The lowest BCUT2D eigenvalue weighted by Gasteiger charge is -2.33. The molecule has 1 N–H and O–H groups in total. The molecule has 1 aliphatic rings. The molecule has 1 aromatic carbocycles. The Morgan fingerprint density at radius 3 is 2.57 bits per heavy atom. The van der Waals surface area contributed by atoms with Crippen LogP contribution in [0.4, 0.5) is 0 Å². The first-order chi connectivity index (χ1) is 10.2. The van der Waals surface area contributed by atoms with Crippen molar-refractivity contribution in [3.63, 3.8) is 0 Å². The summed E-state index contributed by atoms with van der Waals surface area (Å²) in [5, 5.41) is 3.38. The van der Waals surface area contributed by atoms with E-state index in [0.717, 1.165) is 32.2 Å². The van der Waals surface area contributed by atoms with E-state index in [1.54, 1.807) is 0 Å². The summed E-state index contributed by atoms with van der Waals surface area (Å²) < 4.78 is 1.26. The topological polar surface area (TPSA) is 15.3 Å². The number of halogens is 1. The van der Waals surface area contributed by atoms with Crippen molar-refractivity contribution in [2.45, 2.75) is 65.1 Å². The summed E-state index contributed by atoms with van der Waals surface area (Å²) >= 11 is 3.77. The van der Waals surface area contributed by atoms with Crippen LogP contribution >= 0.6 is 15.9 Å². The van der Waals surface area contributed by atoms with Crippen molar-refractivity contribution in [1.29, 1.82) is 0 Å². The monoisotopic (exact) mass is 352 g/mol. The number of nitrogens with one attached hydrogen (secondary N) is 1. The van der Waals surface area contributed by atoms with Crippen LogP contribution in [0.3, 0.4) is 0 Å². The van der Waals surface area contributed by atoms with Crippen LogP contribution in [-0.4, -0.2) is 24.0 Å². The summed E-state index contributed by atoms with van der Waals surface area (Å²) in [4.78, 5) is 2.66. The van der Waals surface area contributed by atoms with Gasteiger partial charge >= 0.3 is 0 Å². The standard InChI is InChI=1S/C18H29BrN2/c1-3-20-13-15-10-11-16(18(19)12-15)14-21(4-2)17-8-6-5-7-9-17/h10-12,17,20H,3-9,13-14H2,1-2H3. The van der Waals surface area contributed by atoms with Crippen LogP contribution in [0.15, 0.2) is 22.7 Å². The van der Waals surface area contributed by atoms with Crippen molar-refractivity contribution in [2.75, 3.05) is 13.1 Å². The maximum absolute atomic E-state index is 3.77. The van der Waals surface area contributed by atoms with E-state index in [4.69, 9.17) is 0 Å². The van der Waals surface area contributed by atoms with Crippen molar-refractivity contribution in [1.82, 2.24) is 10.2 Å². The van der Waals surface area contributed by atoms with Crippen LogP contribution in [0.5, 0.6) is 0 Å². The molecule has 0 aliphatic heterocycles. The van der Waals surface area contributed by atoms with E-state index in [1.807, 2.05) is 0 Å². The van der Waals surface area contributed by atoms with E-state index in [9.17, 15) is 0 Å². The summed E-state index contributed by atoms with van der Waals surface area (Å²) in [6, 6.07) is 7.61. The number of benzene rings is 1. The van der Waals surface area contributed by atoms with Crippen LogP contribution in [0.2, 0.25) is 0 Å². The predicted octanol–water partition coefficient (Wildman–Crippen LogP) is 4.71. The Morgan fingerprint density at radius 2 is 1.95 bits per heavy atom. The number of nitrogens with zero attached hydrogens (tertiary/aromatic N) is 1. The fourth-order valence-corrected chi connectivity index (χ4v) is 3.81. The van der Waals surface area contributed by atoms with Crippen molar-refractivity contribution < 1.29 is 0 Å². The van der Waals surface area contributed by atoms with Gasteiger partial charge in [-0.2, -0.15) is 0 Å². The molecule has 118 valence electrons. The molecule has 1 aromatic rings. The molecule has 2 rings (SSSR count). The normalized spacial score (nSPS) is 16.6. The average molecular weight is 353 g/mol. The number of rotatable bonds is 7. The Kier molecular flexibility index (Phi) is 7.21. The number of hydrogen-bond acceptors (Lipinski definition) is 2. The summed E-state index contributed by atoms with van der Waals surface area (Å²) in [5.74, 6) is 0. The van der Waals surface area contributed by atoms with Gasteiger partial charge in [0, 0.05) is 23.6 Å². The third kappa shape index (κ3) is 5.08. The second-order valence-corrected chi connectivity index (χ2v) is 6.92. The Bertz CT molecular complexity index is 427. The molecule has 3 heteroatoms. The van der Waals surface area contributed by atoms with Gasteiger partial charge in [-0.25, -0.2) is 0 Å². The zero-order valence-electron chi connectivity index (χ0n) is 13.5. The average Bonchev–Trinajstić information content (AvgIpc) is 2.53. The summed E-state index contributed by atoms with van der Waals surface area (Å²) in [6.45, 7) is 8.63. The molecule has 1 saturated carbocycles. The summed E-state index contributed by atoms with van der Waals surface area (Å²) in [7, 11) is 0. The minimum absolute atomic E-state index is 0.789. The zero-order valence-corrected chi connectivity index (χ0v) is 15.1. The third-order valence-corrected chi connectivity index (χ3v) is 5.31. The smallest absolute Gasteiger partial charge is 0.0247 e. The fourth-order valence-electron chi connectivity index (χ4n) is 3.26. The van der Waals surface area contributed by atoms with E-state index in [2.05, 4.69) is 58.2 Å². The highest BCUT2D eigenvalue weighted by atomic mass is 79.9. The van der Waals surface area contributed by atoms with Gasteiger partial charge in [-0.15, -0.1) is 0 Å². The minimum Gasteiger partial charge on any atom is -0.313 e. The maximum atomic E-state index is 3.77. The summed E-state index contributed by atoms with van der Waals surface area (Å²) in [6.07, 6.45) is 7.00. The SMILES string of the molecule is CCNCc1ccc(CN(CC)C2CCCCC2)c(Br)c1. The summed E-state index contributed by atoms with van der Waals surface area (Å²) in [5.41, 5.74) is 2.77. The van der Waals surface area contributed by atoms with Crippen molar-refractivity contribution in [3.05, 3.63) is 33.8 Å². The molecule has 0 heterocycles. The Hall–Kier alpha value is -0.380. The van der Waals surface area contributed by atoms with E-state index < -0.39 is 0 Å². The first-order valence-corrected chi connectivity index (χ1v) is 9.26. The largest absolute Gasteiger partial charge is 0.313 e. The molecular weight excluding hydrogens is 324 g/mol. The van der Waals surface area contributed by atoms with Gasteiger partial charge in [-0.3, -0.25) is 4.90 Å². The molecule has 0 saturated heterocycles. The number of hydrogen-bond donors (Lipinski definition) is 1. The van der Waals surface area contributed by atoms with Crippen molar-refractivity contribution in [2.24, 2.45) is 0 Å². The van der Waals surface area contributed by atoms with E-state index >= 15 is 0 Å². The maximum Gasteiger partial charge on any atom is 0.0247 e. The van der Waals surface area contributed by atoms with Gasteiger partial charge in [0.25, 0.3) is 0 Å². The lowest BCUT2D eigenvalue weighted by molar-refractivity contribution is 0.155. The van der Waals surface area contributed by atoms with Crippen molar-refractivity contribution in [3.8, 4) is 0 Å². The molecule has 21 heavy (non-hydrogen) atoms. The molecule has 0 unspecified atom stereocenters. The van der Waals surface area contributed by atoms with Gasteiger partial charge < -0.3 is 5.32 Å². The second kappa shape index (κ2) is 8.92. The molecular formula is C18H29BrN2. The van der Waals surface area contributed by atoms with Gasteiger partial charge in [0.15, 0.2) is 0 Å². The molecule has 0 bridgehead atoms. The second-order valence-electron chi connectivity index (χ2n) is 6.06. The van der Waals surface area contributed by atoms with Gasteiger partial charge in [0.2, 0.25) is 0 Å². The molecule has 0 radical (unpaired) electrons. The van der Waals surface area contributed by atoms with Gasteiger partial charge in [0.05, 0.1) is 0 Å². The van der Waals surface area contributed by atoms with Crippen LogP contribution in [0.25, 0.3) is 0 Å². The highest BCUT2D eigenvalue weighted by molar-refractivity contribution is 9.10. The quantitative estimate of drug-likeness (QED) is 0.763. The predicted molar refractivity (Wildman–Crippen MR) is 94.5 cm³/mol. The first-order valence-electron chi connectivity index (χ1n) is 8.46. The minimum atomic E-state index is 0.789. The highest BCUT2D eigenvalue weighted by Gasteiger charge is 2.20. The van der Waals surface area contributed by atoms with Gasteiger partial charge in [-0.1, -0.05) is 61.2 Å². The fraction of sp³-hybridized carbons (Fsp3) is 0.667. The van der Waals surface area contributed by atoms with E-state index in [0.29, 0.717) is 0 Å². The van der Waals surface area contributed by atoms with Crippen molar-refractivity contribution >= 4 is 15.9 Å². The molecule has 0 amide bonds. The van der Waals surface area contributed by atoms with Crippen LogP contribution < -0.4 is 5.32 Å². The van der Waals surface area contributed by atoms with Crippen LogP contribution in [0.1, 0.15) is 57.1 Å². The molecule has 0 atom stereocenters. The molecule has 0 aromatic heterocycles. The van der Waals surface area contributed by atoms with Gasteiger partial charge in [0.1, 0.15) is 0 Å². The Balaban J connectivity index is 1.99. The van der Waals surface area contributed by atoms with Crippen LogP contribution in [-0.2, 0) is 13.1 Å². The Morgan fingerprint density at radius 1 is 1.19 bits per heavy atom. The molecule has 1 aliphatic carbocycles.